The highest BCUT2D eigenvalue weighted by Crippen LogP contribution is 2.16. The first-order valence-corrected chi connectivity index (χ1v) is 4.70. The second kappa shape index (κ2) is 4.09. The van der Waals surface area contributed by atoms with Crippen molar-refractivity contribution in [1.82, 2.24) is 20.2 Å². The van der Waals surface area contributed by atoms with Crippen molar-refractivity contribution in [1.29, 1.82) is 0 Å². The summed E-state index contributed by atoms with van der Waals surface area (Å²) in [4.78, 5) is 10.8. The molecule has 0 radical (unpaired) electrons. The zero-order valence-electron chi connectivity index (χ0n) is 8.91. The van der Waals surface area contributed by atoms with Crippen LogP contribution in [0.1, 0.15) is 12.7 Å². The zero-order chi connectivity index (χ0) is 11.5. The molecule has 0 N–H and O–H groups in total. The number of tetrazole rings is 1. The van der Waals surface area contributed by atoms with Crippen molar-refractivity contribution in [2.45, 2.75) is 13.8 Å². The maximum atomic E-state index is 10.8. The Bertz CT molecular complexity index is 521. The van der Waals surface area contributed by atoms with Gasteiger partial charge in [-0.3, -0.25) is 4.79 Å². The quantitative estimate of drug-likeness (QED) is 0.553. The first-order chi connectivity index (χ1) is 7.66. The van der Waals surface area contributed by atoms with Gasteiger partial charge >= 0.3 is 5.97 Å². The molecule has 82 valence electrons. The molecule has 0 amide bonds. The number of hydrogen-bond acceptors (Lipinski definition) is 5. The molecule has 0 aliphatic rings. The summed E-state index contributed by atoms with van der Waals surface area (Å²) in [5.74, 6) is 0.783. The van der Waals surface area contributed by atoms with Gasteiger partial charge in [-0.1, -0.05) is 6.07 Å². The zero-order valence-corrected chi connectivity index (χ0v) is 8.91. The van der Waals surface area contributed by atoms with Gasteiger partial charge in [0, 0.05) is 13.0 Å². The lowest BCUT2D eigenvalue weighted by Crippen LogP contribution is -2.03. The predicted octanol–water partition coefficient (Wildman–Crippen LogP) is 0.896. The number of aryl methyl sites for hydroxylation is 1. The molecule has 2 rings (SSSR count). The summed E-state index contributed by atoms with van der Waals surface area (Å²) in [6.45, 7) is 3.15. The van der Waals surface area contributed by atoms with Crippen molar-refractivity contribution in [3.05, 3.63) is 30.1 Å². The Kier molecular flexibility index (Phi) is 2.63. The molecule has 1 aromatic heterocycles. The minimum atomic E-state index is -0.356. The molecule has 1 heterocycles. The fourth-order valence-electron chi connectivity index (χ4n) is 1.31. The minimum Gasteiger partial charge on any atom is -0.427 e. The molecule has 16 heavy (non-hydrogen) atoms. The van der Waals surface area contributed by atoms with Crippen molar-refractivity contribution in [2.75, 3.05) is 0 Å². The summed E-state index contributed by atoms with van der Waals surface area (Å²) in [5, 5.41) is 11.1. The first-order valence-electron chi connectivity index (χ1n) is 4.70. The molecule has 0 saturated carbocycles. The maximum absolute atomic E-state index is 10.8. The Labute approximate surface area is 91.8 Å². The monoisotopic (exact) mass is 218 g/mol. The average Bonchev–Trinajstić information content (AvgIpc) is 2.64. The summed E-state index contributed by atoms with van der Waals surface area (Å²) in [7, 11) is 0. The van der Waals surface area contributed by atoms with Gasteiger partial charge in [0.1, 0.15) is 5.75 Å². The third-order valence-corrected chi connectivity index (χ3v) is 1.95. The Morgan fingerprint density at radius 3 is 2.88 bits per heavy atom. The van der Waals surface area contributed by atoms with Crippen LogP contribution in [-0.2, 0) is 4.79 Å². The normalized spacial score (nSPS) is 10.1. The van der Waals surface area contributed by atoms with Crippen molar-refractivity contribution in [3.63, 3.8) is 0 Å². The van der Waals surface area contributed by atoms with E-state index < -0.39 is 0 Å². The van der Waals surface area contributed by atoms with Gasteiger partial charge in [0.15, 0.2) is 5.82 Å². The van der Waals surface area contributed by atoms with E-state index in [4.69, 9.17) is 4.74 Å². The standard InChI is InChI=1S/C10H10N4O2/c1-7-11-12-13-14(7)9-4-3-5-10(6-9)16-8(2)15/h3-6H,1-2H3. The van der Waals surface area contributed by atoms with Crippen molar-refractivity contribution >= 4 is 5.97 Å². The number of carbonyl (C=O) groups excluding carboxylic acids is 1. The number of aromatic nitrogens is 4. The van der Waals surface area contributed by atoms with E-state index >= 15 is 0 Å². The lowest BCUT2D eigenvalue weighted by molar-refractivity contribution is -0.131. The lowest BCUT2D eigenvalue weighted by atomic mass is 10.3. The predicted molar refractivity (Wildman–Crippen MR) is 55.2 cm³/mol. The lowest BCUT2D eigenvalue weighted by Gasteiger charge is -2.04. The van der Waals surface area contributed by atoms with Crippen LogP contribution in [0.4, 0.5) is 0 Å². The fourth-order valence-corrected chi connectivity index (χ4v) is 1.31. The first kappa shape index (κ1) is 10.3. The molecule has 0 saturated heterocycles. The van der Waals surface area contributed by atoms with E-state index in [0.717, 1.165) is 5.69 Å². The number of esters is 1. The smallest absolute Gasteiger partial charge is 0.308 e. The van der Waals surface area contributed by atoms with Crippen LogP contribution in [0.5, 0.6) is 5.75 Å². The molecule has 1 aromatic carbocycles. The van der Waals surface area contributed by atoms with Crippen LogP contribution in [0.3, 0.4) is 0 Å². The topological polar surface area (TPSA) is 69.9 Å². The Morgan fingerprint density at radius 1 is 1.44 bits per heavy atom. The second-order valence-corrected chi connectivity index (χ2v) is 3.23. The molecule has 2 aromatic rings. The van der Waals surface area contributed by atoms with Crippen LogP contribution >= 0.6 is 0 Å². The van der Waals surface area contributed by atoms with Gasteiger partial charge in [0.25, 0.3) is 0 Å². The van der Waals surface area contributed by atoms with E-state index in [2.05, 4.69) is 15.5 Å². The number of hydrogen-bond donors (Lipinski definition) is 0. The summed E-state index contributed by atoms with van der Waals surface area (Å²) in [6.07, 6.45) is 0. The Morgan fingerprint density at radius 2 is 2.25 bits per heavy atom. The minimum absolute atomic E-state index is 0.356. The van der Waals surface area contributed by atoms with Crippen molar-refractivity contribution in [2.24, 2.45) is 0 Å². The molecular formula is C10H10N4O2. The van der Waals surface area contributed by atoms with Gasteiger partial charge in [-0.05, 0) is 29.5 Å². The highest BCUT2D eigenvalue weighted by molar-refractivity contribution is 5.69. The van der Waals surface area contributed by atoms with E-state index in [1.54, 1.807) is 29.8 Å². The largest absolute Gasteiger partial charge is 0.427 e. The number of nitrogens with zero attached hydrogens (tertiary/aromatic N) is 4. The third-order valence-electron chi connectivity index (χ3n) is 1.95. The van der Waals surface area contributed by atoms with Gasteiger partial charge in [0.2, 0.25) is 0 Å². The van der Waals surface area contributed by atoms with E-state index in [9.17, 15) is 4.79 Å². The van der Waals surface area contributed by atoms with E-state index in [1.165, 1.54) is 6.92 Å². The van der Waals surface area contributed by atoms with E-state index in [1.807, 2.05) is 6.07 Å². The molecule has 6 heteroatoms. The molecule has 0 atom stereocenters. The second-order valence-electron chi connectivity index (χ2n) is 3.23. The third kappa shape index (κ3) is 2.05. The SMILES string of the molecule is CC(=O)Oc1cccc(-n2nnnc2C)c1. The molecule has 0 bridgehead atoms. The van der Waals surface area contributed by atoms with Crippen LogP contribution in [0, 0.1) is 6.92 Å². The van der Waals surface area contributed by atoms with Crippen LogP contribution in [-0.4, -0.2) is 26.2 Å². The van der Waals surface area contributed by atoms with Gasteiger partial charge in [-0.25, -0.2) is 0 Å². The Balaban J connectivity index is 2.36. The van der Waals surface area contributed by atoms with E-state index in [0.29, 0.717) is 11.6 Å². The van der Waals surface area contributed by atoms with Gasteiger partial charge in [0.05, 0.1) is 5.69 Å². The summed E-state index contributed by atoms with van der Waals surface area (Å²) >= 11 is 0. The summed E-state index contributed by atoms with van der Waals surface area (Å²) < 4.78 is 6.53. The molecule has 0 unspecified atom stereocenters. The highest BCUT2D eigenvalue weighted by atomic mass is 16.5. The molecule has 0 aliphatic carbocycles. The van der Waals surface area contributed by atoms with Crippen LogP contribution in [0.25, 0.3) is 5.69 Å². The summed E-state index contributed by atoms with van der Waals surface area (Å²) in [5.41, 5.74) is 0.751. The molecular weight excluding hydrogens is 208 g/mol. The van der Waals surface area contributed by atoms with E-state index in [-0.39, 0.29) is 5.97 Å². The fraction of sp³-hybridized carbons (Fsp3) is 0.200. The maximum Gasteiger partial charge on any atom is 0.308 e. The van der Waals surface area contributed by atoms with Crippen LogP contribution in [0.2, 0.25) is 0 Å². The Hall–Kier alpha value is -2.24. The molecule has 0 aliphatic heterocycles. The van der Waals surface area contributed by atoms with Crippen molar-refractivity contribution < 1.29 is 9.53 Å². The molecule has 0 fully saturated rings. The van der Waals surface area contributed by atoms with Gasteiger partial charge in [-0.2, -0.15) is 4.68 Å². The average molecular weight is 218 g/mol. The number of ether oxygens (including phenoxy) is 1. The summed E-state index contributed by atoms with van der Waals surface area (Å²) in [6, 6.07) is 7.00. The number of rotatable bonds is 2. The van der Waals surface area contributed by atoms with Crippen LogP contribution < -0.4 is 4.74 Å². The molecule has 0 spiro atoms. The van der Waals surface area contributed by atoms with Crippen molar-refractivity contribution in [3.8, 4) is 11.4 Å². The van der Waals surface area contributed by atoms with Crippen LogP contribution in [0.15, 0.2) is 24.3 Å². The highest BCUT2D eigenvalue weighted by Gasteiger charge is 2.05. The number of benzene rings is 1. The van der Waals surface area contributed by atoms with Gasteiger partial charge < -0.3 is 4.74 Å². The van der Waals surface area contributed by atoms with Gasteiger partial charge in [-0.15, -0.1) is 5.10 Å². The molecule has 6 nitrogen and oxygen atoms in total. The number of carbonyl (C=O) groups is 1.